The third-order valence-electron chi connectivity index (χ3n) is 6.25. The van der Waals surface area contributed by atoms with Gasteiger partial charge in [-0.25, -0.2) is 22.9 Å². The normalized spacial score (nSPS) is 13.9. The number of terminal acetylenes is 2. The lowest BCUT2D eigenvalue weighted by molar-refractivity contribution is -0.148. The van der Waals surface area contributed by atoms with Gasteiger partial charge in [0.25, 0.3) is 0 Å². The van der Waals surface area contributed by atoms with Crippen LogP contribution >= 0.6 is 11.3 Å². The van der Waals surface area contributed by atoms with Gasteiger partial charge >= 0.3 is 11.9 Å². The number of hydrogen-bond donors (Lipinski definition) is 0. The highest BCUT2D eigenvalue weighted by Crippen LogP contribution is 2.33. The molecule has 0 fully saturated rings. The van der Waals surface area contributed by atoms with E-state index in [-0.39, 0.29) is 17.3 Å². The second-order valence-corrected chi connectivity index (χ2v) is 10.2. The summed E-state index contributed by atoms with van der Waals surface area (Å²) in [5, 5.41) is 1.13. The Bertz CT molecular complexity index is 1370. The molecule has 1 aromatic carbocycles. The third kappa shape index (κ3) is 7.41. The molecule has 0 aliphatic carbocycles. The molecule has 0 bridgehead atoms. The molecular weight excluding hydrogens is 571 g/mol. The van der Waals surface area contributed by atoms with Crippen molar-refractivity contribution >= 4 is 29.2 Å². The predicted molar refractivity (Wildman–Crippen MR) is 139 cm³/mol. The summed E-state index contributed by atoms with van der Waals surface area (Å²) in [6, 6.07) is -0.564. The summed E-state index contributed by atoms with van der Waals surface area (Å²) in [6.07, 6.45) is 10.5. The zero-order chi connectivity index (χ0) is 31.2. The van der Waals surface area contributed by atoms with Crippen molar-refractivity contribution in [2.24, 2.45) is 17.8 Å². The van der Waals surface area contributed by atoms with E-state index in [1.807, 2.05) is 13.8 Å². The molecule has 1 aromatic heterocycles. The maximum absolute atomic E-state index is 14.0. The van der Waals surface area contributed by atoms with Gasteiger partial charge in [0, 0.05) is 37.7 Å². The molecule has 41 heavy (non-hydrogen) atoms. The summed E-state index contributed by atoms with van der Waals surface area (Å²) in [6.45, 7) is 6.57. The number of carbonyl (C=O) groups is 3. The summed E-state index contributed by atoms with van der Waals surface area (Å²) in [5.41, 5.74) is -0.552. The molecule has 2 rings (SSSR count). The van der Waals surface area contributed by atoms with Crippen molar-refractivity contribution in [1.29, 1.82) is 0 Å². The Labute approximate surface area is 238 Å². The molecule has 2 aromatic rings. The Morgan fingerprint density at radius 1 is 1.02 bits per heavy atom. The van der Waals surface area contributed by atoms with Crippen LogP contribution in [0.3, 0.4) is 0 Å². The fraction of sp³-hybridized carbons (Fsp3) is 0.429. The zero-order valence-corrected chi connectivity index (χ0v) is 23.6. The minimum atomic E-state index is -2.42. The quantitative estimate of drug-likeness (QED) is 0.0855. The molecule has 7 nitrogen and oxygen atoms in total. The van der Waals surface area contributed by atoms with Crippen LogP contribution in [-0.4, -0.2) is 40.8 Å². The van der Waals surface area contributed by atoms with E-state index in [9.17, 15) is 36.3 Å². The van der Waals surface area contributed by atoms with Gasteiger partial charge in [-0.15, -0.1) is 30.1 Å². The van der Waals surface area contributed by atoms with Gasteiger partial charge in [-0.3, -0.25) is 9.59 Å². The Morgan fingerprint density at radius 2 is 1.59 bits per heavy atom. The molecule has 220 valence electrons. The summed E-state index contributed by atoms with van der Waals surface area (Å²) in [4.78, 5) is 43.1. The van der Waals surface area contributed by atoms with Gasteiger partial charge in [-0.05, 0) is 12.3 Å². The van der Waals surface area contributed by atoms with Crippen molar-refractivity contribution in [3.63, 3.8) is 0 Å². The van der Waals surface area contributed by atoms with Crippen molar-refractivity contribution in [1.82, 2.24) is 9.88 Å². The van der Waals surface area contributed by atoms with Crippen LogP contribution in [0.5, 0.6) is 5.75 Å². The first-order valence-corrected chi connectivity index (χ1v) is 13.1. The lowest BCUT2D eigenvalue weighted by Crippen LogP contribution is -2.45. The topological polar surface area (TPSA) is 85.8 Å². The van der Waals surface area contributed by atoms with E-state index in [0.29, 0.717) is 6.42 Å². The van der Waals surface area contributed by atoms with Crippen LogP contribution in [0.25, 0.3) is 0 Å². The summed E-state index contributed by atoms with van der Waals surface area (Å²) >= 11 is 0.805. The molecule has 0 saturated carbocycles. The first-order chi connectivity index (χ1) is 19.2. The lowest BCUT2D eigenvalue weighted by Gasteiger charge is -2.35. The van der Waals surface area contributed by atoms with Crippen molar-refractivity contribution in [3.05, 3.63) is 45.2 Å². The van der Waals surface area contributed by atoms with E-state index in [4.69, 9.17) is 17.6 Å². The average Bonchev–Trinajstić information content (AvgIpc) is 3.43. The van der Waals surface area contributed by atoms with Crippen molar-refractivity contribution < 1.29 is 45.8 Å². The van der Waals surface area contributed by atoms with Crippen molar-refractivity contribution in [2.75, 3.05) is 7.05 Å². The number of carbonyl (C=O) groups excluding carboxylic acids is 3. The highest BCUT2D eigenvalue weighted by atomic mass is 32.1. The van der Waals surface area contributed by atoms with E-state index in [1.54, 1.807) is 6.92 Å². The Kier molecular flexibility index (Phi) is 11.4. The monoisotopic (exact) mass is 598 g/mol. The Balaban J connectivity index is 2.37. The van der Waals surface area contributed by atoms with Crippen LogP contribution < -0.4 is 4.74 Å². The second-order valence-electron chi connectivity index (χ2n) is 9.28. The summed E-state index contributed by atoms with van der Waals surface area (Å²) in [5.74, 6) is -12.7. The van der Waals surface area contributed by atoms with Gasteiger partial charge in [-0.2, -0.15) is 8.78 Å². The number of benzene rings is 1. The highest BCUT2D eigenvalue weighted by molar-refractivity contribution is 7.09. The van der Waals surface area contributed by atoms with Crippen LogP contribution in [0.1, 0.15) is 62.1 Å². The van der Waals surface area contributed by atoms with E-state index in [0.717, 1.165) is 23.6 Å². The van der Waals surface area contributed by atoms with Crippen LogP contribution in [0.4, 0.5) is 22.0 Å². The molecule has 1 unspecified atom stereocenters. The molecule has 0 aliphatic rings. The van der Waals surface area contributed by atoms with Crippen LogP contribution in [0, 0.1) is 71.5 Å². The fourth-order valence-electron chi connectivity index (χ4n) is 4.04. The number of hydrogen-bond acceptors (Lipinski definition) is 7. The van der Waals surface area contributed by atoms with E-state index >= 15 is 0 Å². The van der Waals surface area contributed by atoms with Crippen LogP contribution in [0.15, 0.2) is 5.38 Å². The molecule has 0 N–H and O–H groups in total. The third-order valence-corrected chi connectivity index (χ3v) is 7.19. The van der Waals surface area contributed by atoms with Gasteiger partial charge in [0.1, 0.15) is 10.9 Å². The molecule has 0 saturated heterocycles. The highest BCUT2D eigenvalue weighted by Gasteiger charge is 2.35. The number of esters is 2. The average molecular weight is 599 g/mol. The fourth-order valence-corrected chi connectivity index (χ4v) is 4.87. The first-order valence-electron chi connectivity index (χ1n) is 12.2. The molecular formula is C28H27F5N2O5S. The largest absolute Gasteiger partial charge is 0.455 e. The van der Waals surface area contributed by atoms with Gasteiger partial charge < -0.3 is 14.4 Å². The minimum absolute atomic E-state index is 0.00324. The van der Waals surface area contributed by atoms with Gasteiger partial charge in [0.2, 0.25) is 40.7 Å². The molecule has 13 heteroatoms. The molecule has 1 amide bonds. The van der Waals surface area contributed by atoms with Crippen LogP contribution in [0.2, 0.25) is 0 Å². The van der Waals surface area contributed by atoms with Crippen LogP contribution in [-0.2, 0) is 14.3 Å². The maximum atomic E-state index is 14.0. The first kappa shape index (κ1) is 33.2. The molecule has 0 radical (unpaired) electrons. The van der Waals surface area contributed by atoms with Crippen molar-refractivity contribution in [2.45, 2.75) is 52.7 Å². The lowest BCUT2D eigenvalue weighted by atomic mass is 9.88. The molecule has 1 heterocycles. The minimum Gasteiger partial charge on any atom is -0.455 e. The number of rotatable bonds is 11. The number of amides is 1. The second kappa shape index (κ2) is 14.1. The number of thiazole rings is 1. The van der Waals surface area contributed by atoms with Crippen molar-refractivity contribution in [3.8, 4) is 30.4 Å². The standard InChI is InChI=1S/C28H27F5N2O5S/c1-8-15(9-2)16(10-3)27(37)35(7)18(13(4)5)11-19(39-14(6)36)26-34-17(12-41-26)28(38)40-25-23(32)21(30)20(29)22(31)24(25)33/h1,3,12-13,15-16,18-19H,9,11H2,2,4-7H3/t15-,16?,18+,19+/m0/s1. The van der Waals surface area contributed by atoms with Gasteiger partial charge in [0.15, 0.2) is 11.8 Å². The molecule has 0 aliphatic heterocycles. The summed E-state index contributed by atoms with van der Waals surface area (Å²) in [7, 11) is 1.53. The maximum Gasteiger partial charge on any atom is 0.363 e. The summed E-state index contributed by atoms with van der Waals surface area (Å²) < 4.78 is 78.0. The SMILES string of the molecule is C#CC(C(=O)N(C)[C@H](C[C@@H](OC(C)=O)c1nc(C(=O)Oc2c(F)c(F)c(F)c(F)c2F)cs1)C(C)C)[C@@H](C#C)CC. The van der Waals surface area contributed by atoms with Gasteiger partial charge in [-0.1, -0.05) is 26.7 Å². The molecule has 4 atom stereocenters. The Hall–Kier alpha value is -3.97. The number of ether oxygens (including phenoxy) is 2. The predicted octanol–water partition coefficient (Wildman–Crippen LogP) is 5.44. The van der Waals surface area contributed by atoms with E-state index in [1.165, 1.54) is 11.9 Å². The molecule has 0 spiro atoms. The van der Waals surface area contributed by atoms with Gasteiger partial charge in [0.05, 0.1) is 0 Å². The number of halogens is 5. The Morgan fingerprint density at radius 3 is 2.05 bits per heavy atom. The zero-order valence-electron chi connectivity index (χ0n) is 22.8. The smallest absolute Gasteiger partial charge is 0.363 e. The van der Waals surface area contributed by atoms with E-state index < -0.39 is 82.4 Å². The number of aromatic nitrogens is 1. The number of nitrogens with zero attached hydrogens (tertiary/aromatic N) is 2. The van der Waals surface area contributed by atoms with E-state index in [2.05, 4.69) is 21.6 Å².